The first-order chi connectivity index (χ1) is 14.9. The average Bonchev–Trinajstić information content (AvgIpc) is 3.20. The number of benzene rings is 2. The maximum absolute atomic E-state index is 13.1. The SMILES string of the molecule is CCCCN(CC)c1cc2c(cc1CNCc1cc(C#N)cc(C(F)(F)F)c1)CCC2. The molecule has 3 nitrogen and oxygen atoms in total. The summed E-state index contributed by atoms with van der Waals surface area (Å²) >= 11 is 0. The summed E-state index contributed by atoms with van der Waals surface area (Å²) in [7, 11) is 0. The van der Waals surface area contributed by atoms with Crippen LogP contribution in [0.25, 0.3) is 0 Å². The minimum Gasteiger partial charge on any atom is -0.372 e. The van der Waals surface area contributed by atoms with Crippen LogP contribution in [0.5, 0.6) is 0 Å². The van der Waals surface area contributed by atoms with E-state index in [1.54, 1.807) is 0 Å². The van der Waals surface area contributed by atoms with Gasteiger partial charge in [-0.3, -0.25) is 0 Å². The number of unbranched alkanes of at least 4 members (excludes halogenated alkanes) is 1. The van der Waals surface area contributed by atoms with E-state index in [0.29, 0.717) is 12.1 Å². The zero-order valence-corrected chi connectivity index (χ0v) is 18.3. The van der Waals surface area contributed by atoms with Gasteiger partial charge in [-0.2, -0.15) is 18.4 Å². The molecule has 1 aliphatic rings. The predicted octanol–water partition coefficient (Wildman–Crippen LogP) is 5.98. The Kier molecular flexibility index (Phi) is 7.61. The van der Waals surface area contributed by atoms with E-state index in [1.165, 1.54) is 34.9 Å². The Morgan fingerprint density at radius 3 is 2.42 bits per heavy atom. The van der Waals surface area contributed by atoms with Crippen LogP contribution in [0.3, 0.4) is 0 Å². The number of rotatable bonds is 9. The Morgan fingerprint density at radius 1 is 1.03 bits per heavy atom. The summed E-state index contributed by atoms with van der Waals surface area (Å²) < 4.78 is 39.4. The van der Waals surface area contributed by atoms with Crippen molar-refractivity contribution in [2.45, 2.75) is 65.2 Å². The minimum atomic E-state index is -4.46. The number of nitriles is 1. The van der Waals surface area contributed by atoms with Crippen LogP contribution in [0, 0.1) is 11.3 Å². The van der Waals surface area contributed by atoms with Crippen LogP contribution in [0.4, 0.5) is 18.9 Å². The summed E-state index contributed by atoms with van der Waals surface area (Å²) in [6.07, 6.45) is 1.17. The van der Waals surface area contributed by atoms with E-state index in [0.717, 1.165) is 50.9 Å². The summed E-state index contributed by atoms with van der Waals surface area (Å²) in [6.45, 7) is 7.11. The summed E-state index contributed by atoms with van der Waals surface area (Å²) in [5.74, 6) is 0. The molecule has 31 heavy (non-hydrogen) atoms. The summed E-state index contributed by atoms with van der Waals surface area (Å²) in [5, 5.41) is 12.4. The molecule has 0 amide bonds. The first-order valence-electron chi connectivity index (χ1n) is 11.1. The van der Waals surface area contributed by atoms with E-state index >= 15 is 0 Å². The molecule has 0 fully saturated rings. The van der Waals surface area contributed by atoms with Gasteiger partial charge in [-0.15, -0.1) is 0 Å². The second kappa shape index (κ2) is 10.2. The molecule has 6 heteroatoms. The second-order valence-corrected chi connectivity index (χ2v) is 8.17. The van der Waals surface area contributed by atoms with Gasteiger partial charge in [0.2, 0.25) is 0 Å². The van der Waals surface area contributed by atoms with Crippen molar-refractivity contribution in [1.82, 2.24) is 5.32 Å². The van der Waals surface area contributed by atoms with Crippen molar-refractivity contribution in [2.75, 3.05) is 18.0 Å². The van der Waals surface area contributed by atoms with Gasteiger partial charge in [0.1, 0.15) is 0 Å². The van der Waals surface area contributed by atoms with E-state index in [1.807, 2.05) is 6.07 Å². The normalized spacial score (nSPS) is 13.2. The highest BCUT2D eigenvalue weighted by atomic mass is 19.4. The third-order valence-corrected chi connectivity index (χ3v) is 5.89. The lowest BCUT2D eigenvalue weighted by Crippen LogP contribution is -2.26. The standard InChI is InChI=1S/C25H30F3N3/c1-3-5-9-31(4-2)24-14-21-8-6-7-20(21)13-22(24)17-30-16-19-10-18(15-29)11-23(12-19)25(26,27)28/h10-14,30H,3-9,16-17H2,1-2H3. The number of aryl methyl sites for hydroxylation is 2. The smallest absolute Gasteiger partial charge is 0.372 e. The second-order valence-electron chi connectivity index (χ2n) is 8.17. The molecule has 0 unspecified atom stereocenters. The van der Waals surface area contributed by atoms with Gasteiger partial charge >= 0.3 is 6.18 Å². The first-order valence-corrected chi connectivity index (χ1v) is 11.1. The molecule has 2 aromatic rings. The number of anilines is 1. The van der Waals surface area contributed by atoms with Gasteiger partial charge in [-0.25, -0.2) is 0 Å². The summed E-state index contributed by atoms with van der Waals surface area (Å²) in [5.41, 5.74) is 4.94. The van der Waals surface area contributed by atoms with Gasteiger partial charge < -0.3 is 10.2 Å². The topological polar surface area (TPSA) is 39.1 Å². The van der Waals surface area contributed by atoms with Gasteiger partial charge in [0.25, 0.3) is 0 Å². The van der Waals surface area contributed by atoms with E-state index in [-0.39, 0.29) is 12.1 Å². The van der Waals surface area contributed by atoms with E-state index in [2.05, 4.69) is 36.2 Å². The number of hydrogen-bond acceptors (Lipinski definition) is 3. The molecule has 0 saturated carbocycles. The Balaban J connectivity index is 1.79. The molecule has 0 aromatic heterocycles. The van der Waals surface area contributed by atoms with E-state index in [4.69, 9.17) is 5.26 Å². The van der Waals surface area contributed by atoms with E-state index < -0.39 is 11.7 Å². The number of nitrogens with zero attached hydrogens (tertiary/aromatic N) is 2. The van der Waals surface area contributed by atoms with Crippen LogP contribution in [0.15, 0.2) is 30.3 Å². The predicted molar refractivity (Wildman–Crippen MR) is 118 cm³/mol. The van der Waals surface area contributed by atoms with Gasteiger partial charge in [0, 0.05) is 31.9 Å². The number of alkyl halides is 3. The molecule has 0 heterocycles. The molecule has 3 rings (SSSR count). The lowest BCUT2D eigenvalue weighted by Gasteiger charge is -2.27. The van der Waals surface area contributed by atoms with Crippen molar-refractivity contribution in [2.24, 2.45) is 0 Å². The van der Waals surface area contributed by atoms with Crippen molar-refractivity contribution < 1.29 is 13.2 Å². The van der Waals surface area contributed by atoms with E-state index in [9.17, 15) is 13.2 Å². The fourth-order valence-electron chi connectivity index (χ4n) is 4.26. The van der Waals surface area contributed by atoms with Crippen LogP contribution in [0.2, 0.25) is 0 Å². The molecule has 2 aromatic carbocycles. The van der Waals surface area contributed by atoms with Gasteiger partial charge in [-0.05, 0) is 79.1 Å². The minimum absolute atomic E-state index is 0.0292. The third kappa shape index (κ3) is 5.80. The molecule has 1 aliphatic carbocycles. The Labute approximate surface area is 182 Å². The highest BCUT2D eigenvalue weighted by molar-refractivity contribution is 5.58. The van der Waals surface area contributed by atoms with Gasteiger partial charge in [0.05, 0.1) is 17.2 Å². The fourth-order valence-corrected chi connectivity index (χ4v) is 4.26. The number of fused-ring (bicyclic) bond motifs is 1. The first kappa shape index (κ1) is 23.1. The van der Waals surface area contributed by atoms with Crippen molar-refractivity contribution in [1.29, 1.82) is 5.26 Å². The number of nitrogens with one attached hydrogen (secondary N) is 1. The highest BCUT2D eigenvalue weighted by Crippen LogP contribution is 2.32. The zero-order chi connectivity index (χ0) is 22.4. The third-order valence-electron chi connectivity index (χ3n) is 5.89. The van der Waals surface area contributed by atoms with Gasteiger partial charge in [-0.1, -0.05) is 19.4 Å². The quantitative estimate of drug-likeness (QED) is 0.533. The lowest BCUT2D eigenvalue weighted by atomic mass is 10.0. The van der Waals surface area contributed by atoms with Crippen LogP contribution in [-0.4, -0.2) is 13.1 Å². The molecule has 0 atom stereocenters. The monoisotopic (exact) mass is 429 g/mol. The average molecular weight is 430 g/mol. The van der Waals surface area contributed by atoms with Crippen LogP contribution >= 0.6 is 0 Å². The van der Waals surface area contributed by atoms with Gasteiger partial charge in [0.15, 0.2) is 0 Å². The highest BCUT2D eigenvalue weighted by Gasteiger charge is 2.31. The Morgan fingerprint density at radius 2 is 1.77 bits per heavy atom. The van der Waals surface area contributed by atoms with Crippen molar-refractivity contribution in [3.63, 3.8) is 0 Å². The molecule has 0 aliphatic heterocycles. The summed E-state index contributed by atoms with van der Waals surface area (Å²) in [6, 6.07) is 9.96. The molecule has 0 bridgehead atoms. The van der Waals surface area contributed by atoms with Crippen LogP contribution in [0.1, 0.15) is 66.5 Å². The fraction of sp³-hybridized carbons (Fsp3) is 0.480. The molecule has 0 radical (unpaired) electrons. The van der Waals surface area contributed by atoms with Crippen LogP contribution < -0.4 is 10.2 Å². The largest absolute Gasteiger partial charge is 0.416 e. The molecule has 1 N–H and O–H groups in total. The molecule has 0 saturated heterocycles. The molecular formula is C25H30F3N3. The number of hydrogen-bond donors (Lipinski definition) is 1. The summed E-state index contributed by atoms with van der Waals surface area (Å²) in [4.78, 5) is 2.40. The Bertz CT molecular complexity index is 944. The Hall–Kier alpha value is -2.52. The molecule has 166 valence electrons. The lowest BCUT2D eigenvalue weighted by molar-refractivity contribution is -0.137. The maximum atomic E-state index is 13.1. The van der Waals surface area contributed by atoms with Crippen molar-refractivity contribution in [3.05, 3.63) is 63.7 Å². The van der Waals surface area contributed by atoms with Crippen molar-refractivity contribution in [3.8, 4) is 6.07 Å². The maximum Gasteiger partial charge on any atom is 0.416 e. The van der Waals surface area contributed by atoms with Crippen LogP contribution in [-0.2, 0) is 32.1 Å². The van der Waals surface area contributed by atoms with Crippen molar-refractivity contribution >= 4 is 5.69 Å². The molecule has 0 spiro atoms. The molecular weight excluding hydrogens is 399 g/mol. The number of halogens is 3. The zero-order valence-electron chi connectivity index (χ0n) is 18.3.